The number of rotatable bonds is 4. The zero-order chi connectivity index (χ0) is 26.5. The molecule has 0 unspecified atom stereocenters. The third-order valence-electron chi connectivity index (χ3n) is 6.65. The van der Waals surface area contributed by atoms with E-state index in [4.69, 9.17) is 0 Å². The molecular weight excluding hydrogens is 475 g/mol. The summed E-state index contributed by atoms with van der Waals surface area (Å²) in [6, 6.07) is 10.9. The van der Waals surface area contributed by atoms with Crippen LogP contribution < -0.4 is 11.2 Å². The lowest BCUT2D eigenvalue weighted by atomic mass is 10.1. The molecule has 2 aliphatic rings. The molecule has 9 heteroatoms. The summed E-state index contributed by atoms with van der Waals surface area (Å²) in [5.74, 6) is -0.798. The van der Waals surface area contributed by atoms with Gasteiger partial charge in [0.15, 0.2) is 0 Å². The molecule has 8 nitrogen and oxygen atoms in total. The molecule has 2 fully saturated rings. The number of piperazine rings is 1. The van der Waals surface area contributed by atoms with Crippen LogP contribution in [0, 0.1) is 11.7 Å². The van der Waals surface area contributed by atoms with Crippen molar-refractivity contribution in [2.45, 2.75) is 33.2 Å². The number of fused-ring (bicyclic) bond motifs is 1. The van der Waals surface area contributed by atoms with E-state index in [-0.39, 0.29) is 23.9 Å². The predicted octanol–water partition coefficient (Wildman–Crippen LogP) is 3.15. The van der Waals surface area contributed by atoms with Gasteiger partial charge in [0.05, 0.1) is 23.0 Å². The van der Waals surface area contributed by atoms with Crippen molar-refractivity contribution in [3.05, 3.63) is 92.4 Å². The molecule has 0 bridgehead atoms. The Morgan fingerprint density at radius 3 is 2.27 bits per heavy atom. The van der Waals surface area contributed by atoms with Crippen molar-refractivity contribution in [3.63, 3.8) is 0 Å². The average Bonchev–Trinajstić information content (AvgIpc) is 3.77. The van der Waals surface area contributed by atoms with Crippen LogP contribution in [-0.2, 0) is 11.3 Å². The molecule has 5 rings (SSSR count). The van der Waals surface area contributed by atoms with E-state index in [2.05, 4.69) is 4.98 Å². The molecular formula is C28H31FN4O4. The van der Waals surface area contributed by atoms with E-state index in [1.807, 2.05) is 26.0 Å². The molecule has 0 atom stereocenters. The van der Waals surface area contributed by atoms with Crippen molar-refractivity contribution in [1.82, 2.24) is 19.4 Å². The molecule has 194 valence electrons. The lowest BCUT2D eigenvalue weighted by Crippen LogP contribution is -2.51. The van der Waals surface area contributed by atoms with Crippen LogP contribution in [0.15, 0.2) is 64.2 Å². The fourth-order valence-electron chi connectivity index (χ4n) is 4.31. The Labute approximate surface area is 214 Å². The number of aromatic amines is 1. The van der Waals surface area contributed by atoms with Crippen LogP contribution in [0.3, 0.4) is 0 Å². The minimum atomic E-state index is -0.640. The number of aromatic nitrogens is 2. The van der Waals surface area contributed by atoms with E-state index in [1.165, 1.54) is 22.8 Å². The number of halogens is 1. The van der Waals surface area contributed by atoms with Gasteiger partial charge >= 0.3 is 5.69 Å². The first-order valence-electron chi connectivity index (χ1n) is 12.5. The Morgan fingerprint density at radius 2 is 1.62 bits per heavy atom. The van der Waals surface area contributed by atoms with Crippen LogP contribution in [0.1, 0.15) is 42.6 Å². The minimum absolute atomic E-state index is 0.0698. The van der Waals surface area contributed by atoms with Crippen LogP contribution in [0.5, 0.6) is 0 Å². The number of nitrogens with one attached hydrogen (secondary N) is 1. The second-order valence-corrected chi connectivity index (χ2v) is 9.24. The highest BCUT2D eigenvalue weighted by Gasteiger charge is 2.35. The summed E-state index contributed by atoms with van der Waals surface area (Å²) in [7, 11) is 0. The highest BCUT2D eigenvalue weighted by molar-refractivity contribution is 5.95. The molecule has 1 saturated carbocycles. The van der Waals surface area contributed by atoms with Crippen molar-refractivity contribution in [1.29, 1.82) is 0 Å². The van der Waals surface area contributed by atoms with Gasteiger partial charge < -0.3 is 9.80 Å². The van der Waals surface area contributed by atoms with Crippen molar-refractivity contribution in [3.8, 4) is 0 Å². The first-order chi connectivity index (χ1) is 17.8. The molecule has 3 aromatic rings. The van der Waals surface area contributed by atoms with Gasteiger partial charge in [-0.2, -0.15) is 0 Å². The summed E-state index contributed by atoms with van der Waals surface area (Å²) in [6.07, 6.45) is 5.87. The van der Waals surface area contributed by atoms with Gasteiger partial charge in [-0.15, -0.1) is 0 Å². The number of benzene rings is 2. The summed E-state index contributed by atoms with van der Waals surface area (Å²) >= 11 is 0. The largest absolute Gasteiger partial charge is 0.339 e. The number of para-hydroxylation sites is 1. The lowest BCUT2D eigenvalue weighted by molar-refractivity contribution is -0.134. The number of H-pyrrole nitrogens is 1. The number of allylic oxidation sites excluding steroid dienone is 2. The van der Waals surface area contributed by atoms with Crippen molar-refractivity contribution < 1.29 is 14.0 Å². The number of carbonyl (C=O) groups is 2. The first-order valence-corrected chi connectivity index (χ1v) is 12.5. The van der Waals surface area contributed by atoms with Crippen molar-refractivity contribution >= 4 is 22.7 Å². The Kier molecular flexibility index (Phi) is 8.01. The molecule has 2 heterocycles. The summed E-state index contributed by atoms with van der Waals surface area (Å²) in [5.41, 5.74) is -0.105. The summed E-state index contributed by atoms with van der Waals surface area (Å²) in [5, 5.41) is 0.370. The topological polar surface area (TPSA) is 95.5 Å². The smallest absolute Gasteiger partial charge is 0.329 e. The van der Waals surface area contributed by atoms with E-state index in [0.717, 1.165) is 12.8 Å². The zero-order valence-corrected chi connectivity index (χ0v) is 21.1. The molecule has 0 radical (unpaired) electrons. The highest BCUT2D eigenvalue weighted by atomic mass is 19.1. The number of nitrogens with zero attached hydrogens (tertiary/aromatic N) is 3. The molecule has 1 N–H and O–H groups in total. The Morgan fingerprint density at radius 1 is 0.973 bits per heavy atom. The van der Waals surface area contributed by atoms with E-state index in [1.54, 1.807) is 34.1 Å². The van der Waals surface area contributed by atoms with Gasteiger partial charge in [-0.1, -0.05) is 30.4 Å². The predicted molar refractivity (Wildman–Crippen MR) is 140 cm³/mol. The molecule has 2 aromatic carbocycles. The fraction of sp³-hybridized carbons (Fsp3) is 0.357. The van der Waals surface area contributed by atoms with E-state index < -0.39 is 23.0 Å². The number of hydrogen-bond acceptors (Lipinski definition) is 4. The van der Waals surface area contributed by atoms with Crippen LogP contribution in [0.4, 0.5) is 4.39 Å². The average molecular weight is 507 g/mol. The second kappa shape index (κ2) is 11.4. The molecule has 1 aliphatic carbocycles. The van der Waals surface area contributed by atoms with Crippen molar-refractivity contribution in [2.24, 2.45) is 5.92 Å². The molecule has 2 amide bonds. The van der Waals surface area contributed by atoms with Crippen LogP contribution in [-0.4, -0.2) is 57.3 Å². The van der Waals surface area contributed by atoms with Crippen LogP contribution in [0.2, 0.25) is 0 Å². The van der Waals surface area contributed by atoms with Crippen LogP contribution in [0.25, 0.3) is 10.9 Å². The highest BCUT2D eigenvalue weighted by Crippen LogP contribution is 2.31. The maximum atomic E-state index is 14.6. The van der Waals surface area contributed by atoms with E-state index >= 15 is 0 Å². The maximum Gasteiger partial charge on any atom is 0.329 e. The molecule has 1 saturated heterocycles. The quantitative estimate of drug-likeness (QED) is 0.550. The van der Waals surface area contributed by atoms with Crippen molar-refractivity contribution in [2.75, 3.05) is 26.2 Å². The Bertz CT molecular complexity index is 1440. The van der Waals surface area contributed by atoms with Gasteiger partial charge in [-0.05, 0) is 56.5 Å². The van der Waals surface area contributed by atoms with Crippen LogP contribution >= 0.6 is 0 Å². The summed E-state index contributed by atoms with van der Waals surface area (Å²) in [6.45, 7) is 5.67. The number of hydrogen-bond donors (Lipinski definition) is 1. The normalized spacial score (nSPS) is 15.5. The molecule has 37 heavy (non-hydrogen) atoms. The van der Waals surface area contributed by atoms with E-state index in [9.17, 15) is 23.6 Å². The summed E-state index contributed by atoms with van der Waals surface area (Å²) in [4.78, 5) is 55.4. The zero-order valence-electron chi connectivity index (χ0n) is 21.1. The Balaban J connectivity index is 0.000000747. The summed E-state index contributed by atoms with van der Waals surface area (Å²) < 4.78 is 16.0. The fourth-order valence-corrected chi connectivity index (χ4v) is 4.31. The van der Waals surface area contributed by atoms with Gasteiger partial charge in [0.1, 0.15) is 5.82 Å². The van der Waals surface area contributed by atoms with Gasteiger partial charge in [-0.25, -0.2) is 9.18 Å². The SMILES string of the molecule is C/C=C\C.O=C(c1cc(Cn2c(=O)[nH]c(=O)c3ccccc32)ccc1F)N1CCN(C(=O)C2CC2)CC1. The minimum Gasteiger partial charge on any atom is -0.339 e. The lowest BCUT2D eigenvalue weighted by Gasteiger charge is -2.35. The second-order valence-electron chi connectivity index (χ2n) is 9.24. The molecule has 1 aromatic heterocycles. The third kappa shape index (κ3) is 5.87. The van der Waals surface area contributed by atoms with Gasteiger partial charge in [0.2, 0.25) is 5.91 Å². The monoisotopic (exact) mass is 506 g/mol. The standard InChI is InChI=1S/C24H23FN4O4.C4H8/c25-19-8-5-15(14-29-20-4-2-1-3-17(20)21(30)26-24(29)33)13-18(19)23(32)28-11-9-27(10-12-28)22(31)16-6-7-16;1-3-4-2/h1-5,8,13,16H,6-7,9-12,14H2,(H,26,30,33);3-4H,1-2H3/b;4-3-. The van der Waals surface area contributed by atoms with Gasteiger partial charge in [0, 0.05) is 32.1 Å². The number of amides is 2. The third-order valence-corrected chi connectivity index (χ3v) is 6.65. The first kappa shape index (κ1) is 26.1. The molecule has 1 aliphatic heterocycles. The van der Waals surface area contributed by atoms with E-state index in [0.29, 0.717) is 42.6 Å². The molecule has 0 spiro atoms. The van der Waals surface area contributed by atoms with Gasteiger partial charge in [0.25, 0.3) is 11.5 Å². The number of carbonyl (C=O) groups excluding carboxylic acids is 2. The van der Waals surface area contributed by atoms with Gasteiger partial charge in [-0.3, -0.25) is 23.9 Å². The maximum absolute atomic E-state index is 14.6. The Hall–Kier alpha value is -4.01.